The van der Waals surface area contributed by atoms with Gasteiger partial charge in [0.25, 0.3) is 11.5 Å². The SMILES string of the molecule is Cc1cn(-c2ccc3n(c2=O)CCN(Cc2cccc(-c4ccc5c(c4)OCO5)c2)C3=O)cn1. The van der Waals surface area contributed by atoms with Crippen LogP contribution in [0.5, 0.6) is 11.5 Å². The van der Waals surface area contributed by atoms with Gasteiger partial charge in [-0.3, -0.25) is 9.59 Å². The average molecular weight is 454 g/mol. The molecule has 8 heteroatoms. The molecule has 4 heterocycles. The van der Waals surface area contributed by atoms with Gasteiger partial charge in [0.1, 0.15) is 11.4 Å². The van der Waals surface area contributed by atoms with E-state index in [4.69, 9.17) is 9.47 Å². The van der Waals surface area contributed by atoms with Crippen LogP contribution in [0.1, 0.15) is 21.7 Å². The molecule has 8 nitrogen and oxygen atoms in total. The number of carbonyl (C=O) groups is 1. The van der Waals surface area contributed by atoms with Crippen molar-refractivity contribution in [2.45, 2.75) is 20.0 Å². The second-order valence-corrected chi connectivity index (χ2v) is 8.48. The molecule has 2 aliphatic rings. The van der Waals surface area contributed by atoms with Gasteiger partial charge >= 0.3 is 0 Å². The van der Waals surface area contributed by atoms with Gasteiger partial charge in [0.15, 0.2) is 11.5 Å². The Bertz CT molecular complexity index is 1490. The van der Waals surface area contributed by atoms with Crippen molar-refractivity contribution in [2.75, 3.05) is 13.3 Å². The van der Waals surface area contributed by atoms with Crippen molar-refractivity contribution in [1.29, 1.82) is 0 Å². The largest absolute Gasteiger partial charge is 0.454 e. The molecule has 0 saturated carbocycles. The molecule has 4 aromatic rings. The number of fused-ring (bicyclic) bond motifs is 2. The molecule has 0 spiro atoms. The first kappa shape index (κ1) is 20.3. The lowest BCUT2D eigenvalue weighted by Crippen LogP contribution is -2.44. The number of aromatic nitrogens is 3. The third-order valence-electron chi connectivity index (χ3n) is 6.25. The second kappa shape index (κ2) is 7.91. The Morgan fingerprint density at radius 1 is 0.941 bits per heavy atom. The molecule has 6 rings (SSSR count). The number of hydrogen-bond acceptors (Lipinski definition) is 5. The summed E-state index contributed by atoms with van der Waals surface area (Å²) >= 11 is 0. The molecular formula is C26H22N4O4. The quantitative estimate of drug-likeness (QED) is 0.472. The predicted molar refractivity (Wildman–Crippen MR) is 125 cm³/mol. The molecule has 0 radical (unpaired) electrons. The second-order valence-electron chi connectivity index (χ2n) is 8.48. The van der Waals surface area contributed by atoms with Gasteiger partial charge in [-0.15, -0.1) is 0 Å². The van der Waals surface area contributed by atoms with E-state index in [9.17, 15) is 9.59 Å². The summed E-state index contributed by atoms with van der Waals surface area (Å²) in [4.78, 5) is 32.2. The number of amides is 1. The Morgan fingerprint density at radius 3 is 2.65 bits per heavy atom. The van der Waals surface area contributed by atoms with Gasteiger partial charge in [-0.25, -0.2) is 4.98 Å². The summed E-state index contributed by atoms with van der Waals surface area (Å²) < 4.78 is 14.2. The highest BCUT2D eigenvalue weighted by Crippen LogP contribution is 2.36. The van der Waals surface area contributed by atoms with E-state index in [0.29, 0.717) is 31.0 Å². The zero-order chi connectivity index (χ0) is 23.2. The average Bonchev–Trinajstić information content (AvgIpc) is 3.50. The zero-order valence-corrected chi connectivity index (χ0v) is 18.6. The van der Waals surface area contributed by atoms with Crippen molar-refractivity contribution in [3.63, 3.8) is 0 Å². The number of pyridine rings is 1. The molecular weight excluding hydrogens is 432 g/mol. The maximum atomic E-state index is 13.2. The molecule has 0 atom stereocenters. The number of rotatable bonds is 4. The van der Waals surface area contributed by atoms with Gasteiger partial charge in [-0.1, -0.05) is 24.3 Å². The van der Waals surface area contributed by atoms with Gasteiger partial charge in [0.2, 0.25) is 6.79 Å². The van der Waals surface area contributed by atoms with E-state index in [2.05, 4.69) is 11.1 Å². The van der Waals surface area contributed by atoms with Crippen LogP contribution >= 0.6 is 0 Å². The lowest BCUT2D eigenvalue weighted by atomic mass is 10.0. The van der Waals surface area contributed by atoms with Crippen LogP contribution < -0.4 is 15.0 Å². The van der Waals surface area contributed by atoms with E-state index >= 15 is 0 Å². The predicted octanol–water partition coefficient (Wildman–Crippen LogP) is 3.39. The highest BCUT2D eigenvalue weighted by Gasteiger charge is 2.26. The summed E-state index contributed by atoms with van der Waals surface area (Å²) in [6.45, 7) is 3.49. The molecule has 2 aromatic carbocycles. The van der Waals surface area contributed by atoms with Crippen LogP contribution in [0.25, 0.3) is 16.8 Å². The maximum Gasteiger partial charge on any atom is 0.275 e. The van der Waals surface area contributed by atoms with Crippen LogP contribution in [0.2, 0.25) is 0 Å². The Morgan fingerprint density at radius 2 is 1.79 bits per heavy atom. The number of aryl methyl sites for hydroxylation is 1. The minimum Gasteiger partial charge on any atom is -0.454 e. The van der Waals surface area contributed by atoms with E-state index < -0.39 is 0 Å². The minimum absolute atomic E-state index is 0.148. The first-order valence-corrected chi connectivity index (χ1v) is 11.1. The molecule has 0 fully saturated rings. The van der Waals surface area contributed by atoms with Crippen molar-refractivity contribution < 1.29 is 14.3 Å². The van der Waals surface area contributed by atoms with Crippen LogP contribution in [-0.4, -0.2) is 38.3 Å². The number of nitrogens with zero attached hydrogens (tertiary/aromatic N) is 4. The van der Waals surface area contributed by atoms with E-state index in [0.717, 1.165) is 33.9 Å². The van der Waals surface area contributed by atoms with E-state index in [-0.39, 0.29) is 18.3 Å². The fraction of sp³-hybridized carbons (Fsp3) is 0.192. The van der Waals surface area contributed by atoms with Crippen LogP contribution in [0.3, 0.4) is 0 Å². The fourth-order valence-electron chi connectivity index (χ4n) is 4.51. The molecule has 0 bridgehead atoms. The maximum absolute atomic E-state index is 13.2. The van der Waals surface area contributed by atoms with Crippen LogP contribution in [0.15, 0.2) is 71.9 Å². The Labute approximate surface area is 195 Å². The van der Waals surface area contributed by atoms with E-state index in [1.165, 1.54) is 0 Å². The van der Waals surface area contributed by atoms with Crippen molar-refractivity contribution >= 4 is 5.91 Å². The highest BCUT2D eigenvalue weighted by molar-refractivity contribution is 5.93. The van der Waals surface area contributed by atoms with Gasteiger partial charge in [0.05, 0.1) is 12.0 Å². The number of imidazole rings is 1. The normalized spacial score (nSPS) is 14.4. The number of hydrogen-bond donors (Lipinski definition) is 0. The van der Waals surface area contributed by atoms with Crippen molar-refractivity contribution in [2.24, 2.45) is 0 Å². The topological polar surface area (TPSA) is 78.6 Å². The summed E-state index contributed by atoms with van der Waals surface area (Å²) in [6, 6.07) is 17.4. The van der Waals surface area contributed by atoms with Crippen molar-refractivity contribution in [1.82, 2.24) is 19.0 Å². The molecule has 1 amide bonds. The van der Waals surface area contributed by atoms with Gasteiger partial charge in [-0.2, -0.15) is 0 Å². The minimum atomic E-state index is -0.187. The molecule has 170 valence electrons. The molecule has 34 heavy (non-hydrogen) atoms. The van der Waals surface area contributed by atoms with Crippen LogP contribution in [0.4, 0.5) is 0 Å². The molecule has 2 aliphatic heterocycles. The fourth-order valence-corrected chi connectivity index (χ4v) is 4.51. The lowest BCUT2D eigenvalue weighted by molar-refractivity contribution is 0.0686. The number of ether oxygens (including phenoxy) is 2. The summed E-state index contributed by atoms with van der Waals surface area (Å²) in [6.07, 6.45) is 3.41. The molecule has 0 aliphatic carbocycles. The Hall–Kier alpha value is -4.33. The summed E-state index contributed by atoms with van der Waals surface area (Å²) in [7, 11) is 0. The monoisotopic (exact) mass is 454 g/mol. The zero-order valence-electron chi connectivity index (χ0n) is 18.6. The first-order valence-electron chi connectivity index (χ1n) is 11.1. The van der Waals surface area contributed by atoms with Crippen molar-refractivity contribution in [3.05, 3.63) is 94.4 Å². The van der Waals surface area contributed by atoms with Crippen LogP contribution in [0, 0.1) is 6.92 Å². The smallest absolute Gasteiger partial charge is 0.275 e. The third-order valence-corrected chi connectivity index (χ3v) is 6.25. The van der Waals surface area contributed by atoms with Crippen LogP contribution in [-0.2, 0) is 13.1 Å². The van der Waals surface area contributed by atoms with Gasteiger partial charge < -0.3 is 23.5 Å². The molecule has 2 aromatic heterocycles. The lowest BCUT2D eigenvalue weighted by Gasteiger charge is -2.30. The first-order chi connectivity index (χ1) is 16.6. The van der Waals surface area contributed by atoms with E-state index in [1.54, 1.807) is 38.7 Å². The molecule has 0 N–H and O–H groups in total. The summed E-state index contributed by atoms with van der Waals surface area (Å²) in [5.74, 6) is 1.34. The molecule has 0 unspecified atom stereocenters. The summed E-state index contributed by atoms with van der Waals surface area (Å²) in [5, 5.41) is 0. The van der Waals surface area contributed by atoms with Crippen molar-refractivity contribution in [3.8, 4) is 28.3 Å². The number of benzene rings is 2. The standard InChI is InChI=1S/C26H22N4O4/c1-17-13-29(15-27-17)21-6-7-22-25(31)28(9-10-30(22)26(21)32)14-18-3-2-4-19(11-18)20-5-8-23-24(12-20)34-16-33-23/h2-8,11-13,15H,9-10,14,16H2,1H3. The van der Waals surface area contributed by atoms with Gasteiger partial charge in [-0.05, 0) is 53.9 Å². The third kappa shape index (κ3) is 3.44. The van der Waals surface area contributed by atoms with E-state index in [1.807, 2.05) is 43.3 Å². The molecule has 0 saturated heterocycles. The highest BCUT2D eigenvalue weighted by atomic mass is 16.7. The number of carbonyl (C=O) groups excluding carboxylic acids is 1. The Balaban J connectivity index is 1.25. The van der Waals surface area contributed by atoms with Gasteiger partial charge in [0, 0.05) is 25.8 Å². The summed E-state index contributed by atoms with van der Waals surface area (Å²) in [5.41, 5.74) is 4.61. The Kier molecular flexibility index (Phi) is 4.72.